The molecule has 7 nitrogen and oxygen atoms in total. The van der Waals surface area contributed by atoms with Gasteiger partial charge in [0, 0.05) is 6.20 Å². The van der Waals surface area contributed by atoms with Gasteiger partial charge in [-0.2, -0.15) is 0 Å². The van der Waals surface area contributed by atoms with Crippen LogP contribution >= 0.6 is 11.8 Å². The zero-order valence-corrected chi connectivity index (χ0v) is 10.3. The number of carboxylic acids is 1. The van der Waals surface area contributed by atoms with Crippen LogP contribution in [0.3, 0.4) is 0 Å². The van der Waals surface area contributed by atoms with Crippen LogP contribution in [-0.4, -0.2) is 36.6 Å². The van der Waals surface area contributed by atoms with Crippen molar-refractivity contribution >= 4 is 17.7 Å². The highest BCUT2D eigenvalue weighted by Crippen LogP contribution is 2.18. The smallest absolute Gasteiger partial charge is 0.348 e. The molecule has 0 unspecified atom stereocenters. The summed E-state index contributed by atoms with van der Waals surface area (Å²) in [5.74, 6) is -1.13. The molecule has 2 aromatic rings. The minimum atomic E-state index is -0.968. The van der Waals surface area contributed by atoms with Gasteiger partial charge in [-0.1, -0.05) is 11.8 Å². The molecule has 0 fully saturated rings. The number of aliphatic carboxylic acids is 1. The summed E-state index contributed by atoms with van der Waals surface area (Å²) >= 11 is 0.973. The molecule has 0 saturated heterocycles. The molecule has 0 amide bonds. The number of hydrogen-bond acceptors (Lipinski definition) is 5. The summed E-state index contributed by atoms with van der Waals surface area (Å²) in [5, 5.41) is 15.0. The third-order valence-corrected chi connectivity index (χ3v) is 3.14. The molecule has 0 aromatic carbocycles. The Bertz CT molecular complexity index is 634. The Balaban J connectivity index is 2.44. The number of pyridine rings is 1. The van der Waals surface area contributed by atoms with Crippen molar-refractivity contribution in [1.29, 1.82) is 0 Å². The van der Waals surface area contributed by atoms with Crippen LogP contribution in [0.25, 0.3) is 5.69 Å². The standard InChI is InChI=1S/C10H10N4O3S/c1-6-2-3-11-4-7(6)14-9(17)12-13-10(14)18-5-8(15)16/h2-4H,5H2,1H3,(H,12,17)(H,15,16). The molecular formula is C10H10N4O3S. The highest BCUT2D eigenvalue weighted by molar-refractivity contribution is 7.99. The van der Waals surface area contributed by atoms with Gasteiger partial charge in [-0.3, -0.25) is 9.78 Å². The first-order chi connectivity index (χ1) is 8.59. The van der Waals surface area contributed by atoms with E-state index in [1.165, 1.54) is 10.8 Å². The van der Waals surface area contributed by atoms with Gasteiger partial charge in [0.25, 0.3) is 0 Å². The van der Waals surface area contributed by atoms with E-state index in [1.54, 1.807) is 12.3 Å². The van der Waals surface area contributed by atoms with E-state index < -0.39 is 11.7 Å². The lowest BCUT2D eigenvalue weighted by Gasteiger charge is -2.06. The van der Waals surface area contributed by atoms with E-state index in [0.717, 1.165) is 17.3 Å². The van der Waals surface area contributed by atoms with E-state index in [4.69, 9.17) is 5.11 Å². The molecular weight excluding hydrogens is 256 g/mol. The third kappa shape index (κ3) is 2.43. The third-order valence-electron chi connectivity index (χ3n) is 2.22. The topological polar surface area (TPSA) is 101 Å². The lowest BCUT2D eigenvalue weighted by atomic mass is 10.2. The van der Waals surface area contributed by atoms with Crippen molar-refractivity contribution in [3.8, 4) is 5.69 Å². The van der Waals surface area contributed by atoms with Gasteiger partial charge in [0.15, 0.2) is 5.16 Å². The Morgan fingerprint density at radius 2 is 2.39 bits per heavy atom. The van der Waals surface area contributed by atoms with Crippen LogP contribution < -0.4 is 5.69 Å². The maximum atomic E-state index is 11.7. The molecule has 18 heavy (non-hydrogen) atoms. The maximum Gasteiger partial charge on any atom is 0.348 e. The summed E-state index contributed by atoms with van der Waals surface area (Å²) in [5.41, 5.74) is 1.02. The summed E-state index contributed by atoms with van der Waals surface area (Å²) in [6.07, 6.45) is 3.16. The summed E-state index contributed by atoms with van der Waals surface area (Å²) in [4.78, 5) is 26.2. The molecule has 0 aliphatic heterocycles. The second kappa shape index (κ2) is 5.05. The number of hydrogen-bond donors (Lipinski definition) is 2. The molecule has 2 rings (SSSR count). The molecule has 0 atom stereocenters. The lowest BCUT2D eigenvalue weighted by Crippen LogP contribution is -2.17. The van der Waals surface area contributed by atoms with Crippen LogP contribution in [0.4, 0.5) is 0 Å². The first kappa shape index (κ1) is 12.4. The molecule has 2 heterocycles. The van der Waals surface area contributed by atoms with E-state index >= 15 is 0 Å². The number of nitrogens with zero attached hydrogens (tertiary/aromatic N) is 3. The van der Waals surface area contributed by atoms with Crippen molar-refractivity contribution < 1.29 is 9.90 Å². The van der Waals surface area contributed by atoms with Crippen LogP contribution in [-0.2, 0) is 4.79 Å². The molecule has 0 saturated carbocycles. The molecule has 2 aromatic heterocycles. The number of carboxylic acid groups (broad SMARTS) is 1. The number of thioether (sulfide) groups is 1. The quantitative estimate of drug-likeness (QED) is 0.779. The Hall–Kier alpha value is -2.09. The number of carbonyl (C=O) groups is 1. The van der Waals surface area contributed by atoms with Crippen LogP contribution in [0.2, 0.25) is 0 Å². The Kier molecular flexibility index (Phi) is 3.47. The molecule has 0 spiro atoms. The number of nitrogens with one attached hydrogen (secondary N) is 1. The van der Waals surface area contributed by atoms with Gasteiger partial charge in [0.2, 0.25) is 0 Å². The largest absolute Gasteiger partial charge is 0.481 e. The van der Waals surface area contributed by atoms with E-state index in [0.29, 0.717) is 10.8 Å². The number of aromatic nitrogens is 4. The molecule has 0 aliphatic carbocycles. The molecule has 8 heteroatoms. The van der Waals surface area contributed by atoms with E-state index in [-0.39, 0.29) is 5.75 Å². The average molecular weight is 266 g/mol. The minimum absolute atomic E-state index is 0.163. The minimum Gasteiger partial charge on any atom is -0.481 e. The predicted molar refractivity (Wildman–Crippen MR) is 65.1 cm³/mol. The van der Waals surface area contributed by atoms with Gasteiger partial charge in [-0.05, 0) is 18.6 Å². The van der Waals surface area contributed by atoms with E-state index in [9.17, 15) is 9.59 Å². The summed E-state index contributed by atoms with van der Waals surface area (Å²) < 4.78 is 1.32. The Morgan fingerprint density at radius 3 is 3.06 bits per heavy atom. The fraction of sp³-hybridized carbons (Fsp3) is 0.200. The first-order valence-corrected chi connectivity index (χ1v) is 6.01. The van der Waals surface area contributed by atoms with Gasteiger partial charge in [-0.25, -0.2) is 14.5 Å². The molecule has 0 radical (unpaired) electrons. The van der Waals surface area contributed by atoms with Crippen molar-refractivity contribution in [3.05, 3.63) is 34.5 Å². The number of aryl methyl sites for hydroxylation is 1. The Morgan fingerprint density at radius 1 is 1.61 bits per heavy atom. The van der Waals surface area contributed by atoms with E-state index in [1.807, 2.05) is 6.92 Å². The highest BCUT2D eigenvalue weighted by Gasteiger charge is 2.14. The van der Waals surface area contributed by atoms with Crippen LogP contribution in [0.15, 0.2) is 28.4 Å². The predicted octanol–water partition coefficient (Wildman–Crippen LogP) is 0.441. The van der Waals surface area contributed by atoms with Gasteiger partial charge < -0.3 is 5.11 Å². The van der Waals surface area contributed by atoms with Crippen molar-refractivity contribution in [2.75, 3.05) is 5.75 Å². The fourth-order valence-corrected chi connectivity index (χ4v) is 2.08. The molecule has 0 aliphatic rings. The van der Waals surface area contributed by atoms with Gasteiger partial charge in [-0.15, -0.1) is 5.10 Å². The van der Waals surface area contributed by atoms with Crippen molar-refractivity contribution in [1.82, 2.24) is 19.7 Å². The monoisotopic (exact) mass is 266 g/mol. The fourth-order valence-electron chi connectivity index (χ4n) is 1.41. The lowest BCUT2D eigenvalue weighted by molar-refractivity contribution is -0.133. The first-order valence-electron chi connectivity index (χ1n) is 5.02. The van der Waals surface area contributed by atoms with Crippen molar-refractivity contribution in [2.45, 2.75) is 12.1 Å². The number of aromatic amines is 1. The Labute approximate surface area is 106 Å². The van der Waals surface area contributed by atoms with Gasteiger partial charge in [0.1, 0.15) is 0 Å². The zero-order chi connectivity index (χ0) is 13.1. The normalized spacial score (nSPS) is 10.5. The molecule has 94 valence electrons. The maximum absolute atomic E-state index is 11.7. The summed E-state index contributed by atoms with van der Waals surface area (Å²) in [6.45, 7) is 1.84. The SMILES string of the molecule is Cc1ccncc1-n1c(SCC(=O)O)n[nH]c1=O. The second-order valence-electron chi connectivity index (χ2n) is 3.49. The zero-order valence-electron chi connectivity index (χ0n) is 9.45. The second-order valence-corrected chi connectivity index (χ2v) is 4.43. The van der Waals surface area contributed by atoms with Gasteiger partial charge in [0.05, 0.1) is 17.6 Å². The molecule has 0 bridgehead atoms. The van der Waals surface area contributed by atoms with Gasteiger partial charge >= 0.3 is 11.7 Å². The van der Waals surface area contributed by atoms with Crippen LogP contribution in [0.5, 0.6) is 0 Å². The average Bonchev–Trinajstić information content (AvgIpc) is 2.69. The van der Waals surface area contributed by atoms with Crippen LogP contribution in [0, 0.1) is 6.92 Å². The summed E-state index contributed by atoms with van der Waals surface area (Å²) in [7, 11) is 0. The molecule has 2 N–H and O–H groups in total. The van der Waals surface area contributed by atoms with Crippen LogP contribution in [0.1, 0.15) is 5.56 Å². The number of H-pyrrole nitrogens is 1. The highest BCUT2D eigenvalue weighted by atomic mass is 32.2. The number of rotatable bonds is 4. The van der Waals surface area contributed by atoms with Crippen molar-refractivity contribution in [2.24, 2.45) is 0 Å². The van der Waals surface area contributed by atoms with Crippen molar-refractivity contribution in [3.63, 3.8) is 0 Å². The summed E-state index contributed by atoms with van der Waals surface area (Å²) in [6, 6.07) is 1.76. The van der Waals surface area contributed by atoms with E-state index in [2.05, 4.69) is 15.2 Å².